The zero-order valence-corrected chi connectivity index (χ0v) is 13.2. The fraction of sp³-hybridized carbons (Fsp3) is 0.333. The van der Waals surface area contributed by atoms with Crippen molar-refractivity contribution in [3.63, 3.8) is 0 Å². The minimum absolute atomic E-state index is 0.807. The molecule has 0 aliphatic carbocycles. The van der Waals surface area contributed by atoms with Crippen LogP contribution in [0, 0.1) is 32.3 Å². The number of hydrogen-bond acceptors (Lipinski definition) is 4. The molecular formula is C12H9F4IO4. The van der Waals surface area contributed by atoms with Gasteiger partial charge in [-0.05, 0) is 0 Å². The molecule has 1 aromatic rings. The summed E-state index contributed by atoms with van der Waals surface area (Å²) in [5.41, 5.74) is -2.03. The summed E-state index contributed by atoms with van der Waals surface area (Å²) >= 11 is -3.73. The fourth-order valence-electron chi connectivity index (χ4n) is 1.30. The number of hydrogen-bond donors (Lipinski definition) is 0. The molecule has 0 unspecified atom stereocenters. The molecule has 4 nitrogen and oxygen atoms in total. The summed E-state index contributed by atoms with van der Waals surface area (Å²) in [6, 6.07) is 0. The van der Waals surface area contributed by atoms with E-state index in [1.807, 2.05) is 0 Å². The first-order valence-electron chi connectivity index (χ1n) is 5.57. The average molecular weight is 420 g/mol. The molecule has 2 rings (SSSR count). The Bertz CT molecular complexity index is 654. The van der Waals surface area contributed by atoms with Gasteiger partial charge in [0.25, 0.3) is 0 Å². The summed E-state index contributed by atoms with van der Waals surface area (Å²) < 4.78 is 62.4. The van der Waals surface area contributed by atoms with Gasteiger partial charge in [-0.15, -0.1) is 0 Å². The first-order valence-corrected chi connectivity index (χ1v) is 8.41. The van der Waals surface area contributed by atoms with Crippen LogP contribution in [-0.2, 0) is 10.9 Å². The molecule has 0 radical (unpaired) electrons. The average Bonchev–Trinajstić information content (AvgIpc) is 2.69. The van der Waals surface area contributed by atoms with E-state index < -0.39 is 70.4 Å². The Kier molecular flexibility index (Phi) is 3.89. The molecule has 1 aliphatic heterocycles. The van der Waals surface area contributed by atoms with E-state index in [0.29, 0.717) is 0 Å². The normalized spacial score (nSPS) is 15.8. The van der Waals surface area contributed by atoms with Crippen LogP contribution in [0.2, 0.25) is 0 Å². The molecular weight excluding hydrogens is 411 g/mol. The molecule has 0 amide bonds. The Morgan fingerprint density at radius 1 is 1.05 bits per heavy atom. The number of rotatable bonds is 1. The minimum atomic E-state index is -3.73. The maximum atomic E-state index is 13.7. The zero-order valence-electron chi connectivity index (χ0n) is 11.0. The summed E-state index contributed by atoms with van der Waals surface area (Å²) in [6.45, 7) is 4.48. The van der Waals surface area contributed by atoms with E-state index in [9.17, 15) is 27.2 Å². The molecule has 0 spiro atoms. The molecule has 1 aromatic carbocycles. The van der Waals surface area contributed by atoms with Crippen molar-refractivity contribution in [2.24, 2.45) is 5.41 Å². The molecule has 0 N–H and O–H groups in total. The van der Waals surface area contributed by atoms with Crippen LogP contribution in [0.25, 0.3) is 0 Å². The van der Waals surface area contributed by atoms with Crippen LogP contribution >= 0.6 is 20.6 Å². The van der Waals surface area contributed by atoms with Gasteiger partial charge in [-0.25, -0.2) is 0 Å². The van der Waals surface area contributed by atoms with Crippen molar-refractivity contribution in [2.45, 2.75) is 20.8 Å². The third-order valence-electron chi connectivity index (χ3n) is 2.46. The molecule has 9 heteroatoms. The molecule has 116 valence electrons. The fourth-order valence-corrected chi connectivity index (χ4v) is 4.96. The molecule has 0 aromatic heterocycles. The summed E-state index contributed by atoms with van der Waals surface area (Å²) in [6.07, 6.45) is 0. The third-order valence-corrected chi connectivity index (χ3v) is 5.95. The predicted molar refractivity (Wildman–Crippen MR) is 70.0 cm³/mol. The van der Waals surface area contributed by atoms with Gasteiger partial charge in [0.15, 0.2) is 0 Å². The molecule has 1 aliphatic rings. The first-order chi connectivity index (χ1) is 9.55. The van der Waals surface area contributed by atoms with Crippen molar-refractivity contribution in [3.8, 4) is 0 Å². The Hall–Kier alpha value is -1.39. The quantitative estimate of drug-likeness (QED) is 0.302. The topological polar surface area (TPSA) is 52.6 Å². The standard InChI is InChI=1S/C12H9F4IO4/c1-12(2,3)11(19)21-17-9-4(10(18)20-17)5(13)6(14)7(15)8(9)16/h1-3H3. The second-order valence-corrected chi connectivity index (χ2v) is 8.34. The van der Waals surface area contributed by atoms with Gasteiger partial charge in [-0.1, -0.05) is 0 Å². The van der Waals surface area contributed by atoms with E-state index in [4.69, 9.17) is 3.07 Å². The molecule has 0 saturated heterocycles. The molecule has 0 fully saturated rings. The molecule has 0 bridgehead atoms. The van der Waals surface area contributed by atoms with Crippen molar-refractivity contribution in [2.75, 3.05) is 0 Å². The van der Waals surface area contributed by atoms with Crippen molar-refractivity contribution in [1.82, 2.24) is 0 Å². The van der Waals surface area contributed by atoms with Gasteiger partial charge in [0.2, 0.25) is 0 Å². The number of fused-ring (bicyclic) bond motifs is 1. The number of carbonyl (C=O) groups is 2. The first kappa shape index (κ1) is 16.0. The Morgan fingerprint density at radius 3 is 2.10 bits per heavy atom. The van der Waals surface area contributed by atoms with Crippen LogP contribution in [-0.4, -0.2) is 11.9 Å². The van der Waals surface area contributed by atoms with E-state index in [0.717, 1.165) is 0 Å². The van der Waals surface area contributed by atoms with Crippen molar-refractivity contribution in [1.29, 1.82) is 0 Å². The summed E-state index contributed by atoms with van der Waals surface area (Å²) in [5.74, 6) is -9.98. The van der Waals surface area contributed by atoms with Gasteiger partial charge >= 0.3 is 124 Å². The molecule has 0 atom stereocenters. The van der Waals surface area contributed by atoms with Gasteiger partial charge in [-0.2, -0.15) is 0 Å². The Morgan fingerprint density at radius 2 is 1.57 bits per heavy atom. The second kappa shape index (κ2) is 5.11. The van der Waals surface area contributed by atoms with Crippen LogP contribution in [0.5, 0.6) is 0 Å². The monoisotopic (exact) mass is 420 g/mol. The molecule has 1 heterocycles. The van der Waals surface area contributed by atoms with Crippen molar-refractivity contribution >= 4 is 32.6 Å². The van der Waals surface area contributed by atoms with Gasteiger partial charge in [0.05, 0.1) is 0 Å². The molecule has 0 saturated carbocycles. The number of halogens is 5. The Balaban J connectivity index is 2.51. The summed E-state index contributed by atoms with van der Waals surface area (Å²) in [7, 11) is 0. The van der Waals surface area contributed by atoms with Crippen molar-refractivity contribution in [3.05, 3.63) is 32.4 Å². The van der Waals surface area contributed by atoms with Crippen LogP contribution in [0.3, 0.4) is 0 Å². The van der Waals surface area contributed by atoms with E-state index in [-0.39, 0.29) is 0 Å². The van der Waals surface area contributed by atoms with E-state index >= 15 is 0 Å². The zero-order chi connectivity index (χ0) is 16.1. The second-order valence-electron chi connectivity index (χ2n) is 5.14. The van der Waals surface area contributed by atoms with Gasteiger partial charge in [0.1, 0.15) is 0 Å². The number of carbonyl (C=O) groups excluding carboxylic acids is 2. The van der Waals surface area contributed by atoms with E-state index in [1.54, 1.807) is 0 Å². The van der Waals surface area contributed by atoms with Crippen LogP contribution in [0.4, 0.5) is 17.6 Å². The van der Waals surface area contributed by atoms with Gasteiger partial charge in [-0.3, -0.25) is 0 Å². The van der Waals surface area contributed by atoms with Crippen LogP contribution in [0.1, 0.15) is 31.1 Å². The van der Waals surface area contributed by atoms with E-state index in [1.165, 1.54) is 20.8 Å². The molecule has 21 heavy (non-hydrogen) atoms. The van der Waals surface area contributed by atoms with Crippen LogP contribution < -0.4 is 0 Å². The summed E-state index contributed by atoms with van der Waals surface area (Å²) in [4.78, 5) is 23.2. The van der Waals surface area contributed by atoms with Crippen LogP contribution in [0.15, 0.2) is 0 Å². The van der Waals surface area contributed by atoms with E-state index in [2.05, 4.69) is 3.07 Å². The summed E-state index contributed by atoms with van der Waals surface area (Å²) in [5, 5.41) is 0. The number of benzene rings is 1. The van der Waals surface area contributed by atoms with Gasteiger partial charge in [0, 0.05) is 0 Å². The van der Waals surface area contributed by atoms with Crippen molar-refractivity contribution < 1.29 is 33.3 Å². The third kappa shape index (κ3) is 2.58. The Labute approximate surface area is 124 Å². The maximum absolute atomic E-state index is 13.7. The predicted octanol–water partition coefficient (Wildman–Crippen LogP) is 3.51. The van der Waals surface area contributed by atoms with Gasteiger partial charge < -0.3 is 0 Å². The SMILES string of the molecule is CC(C)(C)C(=O)OI1OC(=O)c2c(F)c(F)c(F)c(F)c21.